The van der Waals surface area contributed by atoms with Gasteiger partial charge in [-0.25, -0.2) is 0 Å². The normalized spacial score (nSPS) is 20.4. The molecule has 0 spiro atoms. The molecule has 2 nitrogen and oxygen atoms in total. The molecule has 3 heteroatoms. The van der Waals surface area contributed by atoms with E-state index >= 15 is 0 Å². The quantitative estimate of drug-likeness (QED) is 0.595. The maximum Gasteiger partial charge on any atom is 0.0982 e. The first kappa shape index (κ1) is 5.34. The fourth-order valence-electron chi connectivity index (χ4n) is 0.511. The lowest BCUT2D eigenvalue weighted by Crippen LogP contribution is -2.15. The second kappa shape index (κ2) is 2.49. The fourth-order valence-corrected chi connectivity index (χ4v) is 1.06. The van der Waals surface area contributed by atoms with Gasteiger partial charge >= 0.3 is 0 Å². The average molecular weight is 210 g/mol. The molecule has 0 atom stereocenters. The first-order valence-corrected chi connectivity index (χ1v) is 3.42. The van der Waals surface area contributed by atoms with Gasteiger partial charge in [0, 0.05) is 6.54 Å². The lowest BCUT2D eigenvalue weighted by Gasteiger charge is -2.05. The highest BCUT2D eigenvalue weighted by Gasteiger charge is 1.97. The van der Waals surface area contributed by atoms with Gasteiger partial charge in [-0.1, -0.05) is 0 Å². The number of rotatable bonds is 0. The lowest BCUT2D eigenvalue weighted by molar-refractivity contribution is 0.670. The van der Waals surface area contributed by atoms with Crippen LogP contribution in [-0.2, 0) is 0 Å². The van der Waals surface area contributed by atoms with E-state index in [1.165, 1.54) is 10.1 Å². The van der Waals surface area contributed by atoms with Crippen molar-refractivity contribution in [3.63, 3.8) is 0 Å². The Hall–Kier alpha value is 0.200. The van der Waals surface area contributed by atoms with Crippen LogP contribution in [0.15, 0.2) is 5.10 Å². The Labute approximate surface area is 56.5 Å². The largest absolute Gasteiger partial charge is 0.309 e. The molecule has 0 aromatic rings. The van der Waals surface area contributed by atoms with Gasteiger partial charge in [-0.05, 0) is 35.4 Å². The number of hydrogen-bond donors (Lipinski definition) is 1. The van der Waals surface area contributed by atoms with Gasteiger partial charge in [0.1, 0.15) is 0 Å². The predicted molar refractivity (Wildman–Crippen MR) is 38.7 cm³/mol. The smallest absolute Gasteiger partial charge is 0.0982 e. The van der Waals surface area contributed by atoms with E-state index in [1.54, 1.807) is 0 Å². The van der Waals surface area contributed by atoms with E-state index in [0.717, 1.165) is 13.0 Å². The monoisotopic (exact) mass is 210 g/mol. The zero-order chi connectivity index (χ0) is 5.11. The van der Waals surface area contributed by atoms with Crippen molar-refractivity contribution in [2.24, 2.45) is 5.10 Å². The van der Waals surface area contributed by atoms with Crippen LogP contribution in [0.2, 0.25) is 0 Å². The van der Waals surface area contributed by atoms with Gasteiger partial charge in [0.25, 0.3) is 0 Å². The summed E-state index contributed by atoms with van der Waals surface area (Å²) in [4.78, 5) is 0. The van der Waals surface area contributed by atoms with Crippen molar-refractivity contribution in [1.29, 1.82) is 0 Å². The highest BCUT2D eigenvalue weighted by Crippen LogP contribution is 2.02. The first-order valence-electron chi connectivity index (χ1n) is 2.34. The summed E-state index contributed by atoms with van der Waals surface area (Å²) < 4.78 is 1.20. The molecule has 7 heavy (non-hydrogen) atoms. The summed E-state index contributed by atoms with van der Waals surface area (Å²) >= 11 is 2.24. The molecule has 0 aromatic heterocycles. The minimum Gasteiger partial charge on any atom is -0.309 e. The Kier molecular flexibility index (Phi) is 1.90. The SMILES string of the molecule is IC1=NNCCC1. The molecule has 0 bridgehead atoms. The molecule has 1 aliphatic rings. The summed E-state index contributed by atoms with van der Waals surface area (Å²) in [5.74, 6) is 0. The molecule has 0 amide bonds. The third kappa shape index (κ3) is 1.63. The van der Waals surface area contributed by atoms with E-state index in [0.29, 0.717) is 0 Å². The Morgan fingerprint density at radius 2 is 2.57 bits per heavy atom. The van der Waals surface area contributed by atoms with E-state index in [1.807, 2.05) is 0 Å². The standard InChI is InChI=1S/C4H7IN2/c5-4-2-1-3-6-7-4/h6H,1-3H2. The summed E-state index contributed by atoms with van der Waals surface area (Å²) in [7, 11) is 0. The van der Waals surface area contributed by atoms with E-state index < -0.39 is 0 Å². The van der Waals surface area contributed by atoms with Crippen molar-refractivity contribution in [2.45, 2.75) is 12.8 Å². The Morgan fingerprint density at radius 1 is 1.71 bits per heavy atom. The maximum absolute atomic E-state index is 3.98. The maximum atomic E-state index is 3.98. The Morgan fingerprint density at radius 3 is 2.86 bits per heavy atom. The first-order chi connectivity index (χ1) is 3.39. The Balaban J connectivity index is 2.40. The molecule has 0 saturated heterocycles. The minimum atomic E-state index is 1.05. The van der Waals surface area contributed by atoms with Gasteiger partial charge in [-0.15, -0.1) is 0 Å². The second-order valence-electron chi connectivity index (χ2n) is 1.50. The predicted octanol–water partition coefficient (Wildman–Crippen LogP) is 1.12. The van der Waals surface area contributed by atoms with E-state index in [-0.39, 0.29) is 0 Å². The van der Waals surface area contributed by atoms with Crippen LogP contribution in [0, 0.1) is 0 Å². The van der Waals surface area contributed by atoms with Crippen molar-refractivity contribution in [3.8, 4) is 0 Å². The molecule has 1 N–H and O–H groups in total. The van der Waals surface area contributed by atoms with Crippen molar-refractivity contribution < 1.29 is 0 Å². The highest BCUT2D eigenvalue weighted by atomic mass is 127. The zero-order valence-electron chi connectivity index (χ0n) is 3.95. The summed E-state index contributed by atoms with van der Waals surface area (Å²) in [5, 5.41) is 3.98. The number of hydrogen-bond acceptors (Lipinski definition) is 2. The summed E-state index contributed by atoms with van der Waals surface area (Å²) in [6, 6.07) is 0. The fraction of sp³-hybridized carbons (Fsp3) is 0.750. The van der Waals surface area contributed by atoms with Crippen LogP contribution in [0.1, 0.15) is 12.8 Å². The molecule has 1 heterocycles. The van der Waals surface area contributed by atoms with Gasteiger partial charge in [0.2, 0.25) is 0 Å². The van der Waals surface area contributed by atoms with Crippen molar-refractivity contribution in [2.75, 3.05) is 6.54 Å². The molecule has 1 rings (SSSR count). The lowest BCUT2D eigenvalue weighted by atomic mass is 10.3. The van der Waals surface area contributed by atoms with Gasteiger partial charge in [0.05, 0.1) is 3.72 Å². The van der Waals surface area contributed by atoms with Crippen molar-refractivity contribution >= 4 is 26.3 Å². The van der Waals surface area contributed by atoms with Crippen LogP contribution in [-0.4, -0.2) is 10.3 Å². The summed E-state index contributed by atoms with van der Waals surface area (Å²) in [6.45, 7) is 1.05. The van der Waals surface area contributed by atoms with E-state index in [4.69, 9.17) is 0 Å². The van der Waals surface area contributed by atoms with Crippen molar-refractivity contribution in [1.82, 2.24) is 5.43 Å². The highest BCUT2D eigenvalue weighted by molar-refractivity contribution is 14.1. The summed E-state index contributed by atoms with van der Waals surface area (Å²) in [5.41, 5.74) is 2.91. The molecule has 0 aromatic carbocycles. The molecule has 0 fully saturated rings. The van der Waals surface area contributed by atoms with Crippen LogP contribution in [0.3, 0.4) is 0 Å². The summed E-state index contributed by atoms with van der Waals surface area (Å²) in [6.07, 6.45) is 2.40. The van der Waals surface area contributed by atoms with Crippen molar-refractivity contribution in [3.05, 3.63) is 0 Å². The molecule has 0 unspecified atom stereocenters. The molecule has 0 radical (unpaired) electrons. The Bertz CT molecular complexity index is 89.7. The minimum absolute atomic E-state index is 1.05. The van der Waals surface area contributed by atoms with Crippen LogP contribution < -0.4 is 5.43 Å². The number of halogens is 1. The number of hydrazone groups is 1. The molecular weight excluding hydrogens is 203 g/mol. The van der Waals surface area contributed by atoms with Gasteiger partial charge in [0.15, 0.2) is 0 Å². The molecular formula is C4H7IN2. The number of nitrogens with zero attached hydrogens (tertiary/aromatic N) is 1. The zero-order valence-corrected chi connectivity index (χ0v) is 6.10. The van der Waals surface area contributed by atoms with E-state index in [9.17, 15) is 0 Å². The van der Waals surface area contributed by atoms with Crippen LogP contribution in [0.4, 0.5) is 0 Å². The van der Waals surface area contributed by atoms with Gasteiger partial charge in [-0.3, -0.25) is 0 Å². The topological polar surface area (TPSA) is 24.4 Å². The third-order valence-electron chi connectivity index (χ3n) is 0.872. The average Bonchev–Trinajstić information content (AvgIpc) is 1.69. The third-order valence-corrected chi connectivity index (χ3v) is 1.65. The molecule has 0 saturated carbocycles. The molecule has 1 aliphatic heterocycles. The number of nitrogens with one attached hydrogen (secondary N) is 1. The molecule has 40 valence electrons. The molecule has 0 aliphatic carbocycles. The second-order valence-corrected chi connectivity index (χ2v) is 2.74. The van der Waals surface area contributed by atoms with Crippen LogP contribution >= 0.6 is 22.6 Å². The van der Waals surface area contributed by atoms with Crippen LogP contribution in [0.25, 0.3) is 0 Å². The van der Waals surface area contributed by atoms with Crippen LogP contribution in [0.5, 0.6) is 0 Å². The van der Waals surface area contributed by atoms with Gasteiger partial charge < -0.3 is 5.43 Å². The van der Waals surface area contributed by atoms with Gasteiger partial charge in [-0.2, -0.15) is 5.10 Å². The van der Waals surface area contributed by atoms with E-state index in [2.05, 4.69) is 33.1 Å².